The van der Waals surface area contributed by atoms with Crippen molar-refractivity contribution in [1.82, 2.24) is 14.8 Å². The molecule has 4 rings (SSSR count). The standard InChI is InChI=1S/C16H16N4O3S2/c1-20-8-9(7-17-20)11-6-12(11)15(21)19-16-18-13-4-3-10(25(2,22)23)5-14(13)24-16/h3-5,7-8,11-12H,6H2,1-2H3,(H,18,19,21). The number of nitrogens with one attached hydrogen (secondary N) is 1. The number of hydrogen-bond acceptors (Lipinski definition) is 6. The van der Waals surface area contributed by atoms with Crippen molar-refractivity contribution in [1.29, 1.82) is 0 Å². The molecular weight excluding hydrogens is 360 g/mol. The lowest BCUT2D eigenvalue weighted by Gasteiger charge is -1.99. The van der Waals surface area contributed by atoms with E-state index in [0.29, 0.717) is 10.6 Å². The summed E-state index contributed by atoms with van der Waals surface area (Å²) in [5.41, 5.74) is 1.75. The van der Waals surface area contributed by atoms with E-state index in [0.717, 1.165) is 16.7 Å². The van der Waals surface area contributed by atoms with Crippen molar-refractivity contribution >= 4 is 42.4 Å². The largest absolute Gasteiger partial charge is 0.302 e. The quantitative estimate of drug-likeness (QED) is 0.753. The predicted molar refractivity (Wildman–Crippen MR) is 95.4 cm³/mol. The average molecular weight is 376 g/mol. The first kappa shape index (κ1) is 16.2. The summed E-state index contributed by atoms with van der Waals surface area (Å²) in [6, 6.07) is 4.78. The first-order valence-corrected chi connectivity index (χ1v) is 10.4. The molecule has 0 saturated heterocycles. The Morgan fingerprint density at radius 2 is 2.20 bits per heavy atom. The Kier molecular flexibility index (Phi) is 3.66. The smallest absolute Gasteiger partial charge is 0.229 e. The summed E-state index contributed by atoms with van der Waals surface area (Å²) in [5.74, 6) is 0.0824. The van der Waals surface area contributed by atoms with Crippen LogP contribution in [0.1, 0.15) is 17.9 Å². The van der Waals surface area contributed by atoms with Gasteiger partial charge in [-0.1, -0.05) is 11.3 Å². The highest BCUT2D eigenvalue weighted by molar-refractivity contribution is 7.90. The maximum atomic E-state index is 12.4. The number of sulfone groups is 1. The molecule has 3 aromatic rings. The number of hydrogen-bond donors (Lipinski definition) is 1. The van der Waals surface area contributed by atoms with E-state index in [1.807, 2.05) is 13.2 Å². The number of aromatic nitrogens is 3. The molecule has 1 aliphatic rings. The summed E-state index contributed by atoms with van der Waals surface area (Å²) >= 11 is 1.28. The zero-order valence-corrected chi connectivity index (χ0v) is 15.3. The van der Waals surface area contributed by atoms with Gasteiger partial charge in [0, 0.05) is 25.4 Å². The third kappa shape index (κ3) is 3.16. The second kappa shape index (κ2) is 5.63. The monoisotopic (exact) mass is 376 g/mol. The maximum absolute atomic E-state index is 12.4. The Hall–Kier alpha value is -2.26. The molecule has 2 aromatic heterocycles. The Labute approximate surface area is 148 Å². The van der Waals surface area contributed by atoms with Crippen molar-refractivity contribution in [3.05, 3.63) is 36.2 Å². The molecule has 7 nitrogen and oxygen atoms in total. The van der Waals surface area contributed by atoms with Gasteiger partial charge in [0.2, 0.25) is 5.91 Å². The van der Waals surface area contributed by atoms with Gasteiger partial charge in [0.25, 0.3) is 0 Å². The van der Waals surface area contributed by atoms with Crippen molar-refractivity contribution in [2.24, 2.45) is 13.0 Å². The molecule has 1 aliphatic carbocycles. The van der Waals surface area contributed by atoms with Gasteiger partial charge < -0.3 is 5.32 Å². The van der Waals surface area contributed by atoms with E-state index in [2.05, 4.69) is 15.4 Å². The van der Waals surface area contributed by atoms with Crippen LogP contribution in [0, 0.1) is 5.92 Å². The van der Waals surface area contributed by atoms with Gasteiger partial charge in [-0.3, -0.25) is 9.48 Å². The van der Waals surface area contributed by atoms with Crippen LogP contribution in [0.5, 0.6) is 0 Å². The molecular formula is C16H16N4O3S2. The van der Waals surface area contributed by atoms with Crippen LogP contribution in [-0.4, -0.2) is 35.3 Å². The van der Waals surface area contributed by atoms with Crippen molar-refractivity contribution in [2.45, 2.75) is 17.2 Å². The highest BCUT2D eigenvalue weighted by Gasteiger charge is 2.44. The second-order valence-corrected chi connectivity index (χ2v) is 9.35. The number of carbonyl (C=O) groups is 1. The molecule has 2 heterocycles. The predicted octanol–water partition coefficient (Wildman–Crippen LogP) is 2.18. The number of nitrogens with zero attached hydrogens (tertiary/aromatic N) is 3. The van der Waals surface area contributed by atoms with E-state index in [-0.39, 0.29) is 22.6 Å². The van der Waals surface area contributed by atoms with Crippen molar-refractivity contribution in [3.63, 3.8) is 0 Å². The minimum absolute atomic E-state index is 0.0590. The van der Waals surface area contributed by atoms with Crippen molar-refractivity contribution in [2.75, 3.05) is 11.6 Å². The molecule has 2 atom stereocenters. The Balaban J connectivity index is 1.50. The zero-order chi connectivity index (χ0) is 17.8. The number of aryl methyl sites for hydroxylation is 1. The van der Waals surface area contributed by atoms with E-state index in [9.17, 15) is 13.2 Å². The number of anilines is 1. The molecule has 0 bridgehead atoms. The van der Waals surface area contributed by atoms with E-state index in [4.69, 9.17) is 0 Å². The van der Waals surface area contributed by atoms with Gasteiger partial charge in [-0.05, 0) is 36.1 Å². The van der Waals surface area contributed by atoms with Gasteiger partial charge in [0.05, 0.1) is 21.3 Å². The van der Waals surface area contributed by atoms with Gasteiger partial charge in [-0.25, -0.2) is 13.4 Å². The third-order valence-corrected chi connectivity index (χ3v) is 6.34. The van der Waals surface area contributed by atoms with Crippen molar-refractivity contribution < 1.29 is 13.2 Å². The summed E-state index contributed by atoms with van der Waals surface area (Å²) in [6.07, 6.45) is 5.70. The van der Waals surface area contributed by atoms with Crippen molar-refractivity contribution in [3.8, 4) is 0 Å². The van der Waals surface area contributed by atoms with Crippen LogP contribution in [0.25, 0.3) is 10.2 Å². The Morgan fingerprint density at radius 3 is 2.88 bits per heavy atom. The lowest BCUT2D eigenvalue weighted by atomic mass is 10.2. The number of rotatable bonds is 4. The number of carbonyl (C=O) groups excluding carboxylic acids is 1. The Morgan fingerprint density at radius 1 is 1.40 bits per heavy atom. The Bertz CT molecular complexity index is 1080. The van der Waals surface area contributed by atoms with Crippen LogP contribution in [0.3, 0.4) is 0 Å². The lowest BCUT2D eigenvalue weighted by molar-refractivity contribution is -0.117. The molecule has 1 fully saturated rings. The van der Waals surface area contributed by atoms with Gasteiger partial charge in [-0.15, -0.1) is 0 Å². The van der Waals surface area contributed by atoms with E-state index in [1.165, 1.54) is 23.7 Å². The highest BCUT2D eigenvalue weighted by Crippen LogP contribution is 2.48. The van der Waals surface area contributed by atoms with Crippen LogP contribution in [-0.2, 0) is 21.7 Å². The minimum atomic E-state index is -3.26. The molecule has 9 heteroatoms. The summed E-state index contributed by atoms with van der Waals surface area (Å²) < 4.78 is 25.7. The number of fused-ring (bicyclic) bond motifs is 1. The fourth-order valence-corrected chi connectivity index (χ4v) is 4.50. The molecule has 1 N–H and O–H groups in total. The maximum Gasteiger partial charge on any atom is 0.229 e. The first-order chi connectivity index (χ1) is 11.8. The van der Waals surface area contributed by atoms with Gasteiger partial charge >= 0.3 is 0 Å². The van der Waals surface area contributed by atoms with E-state index >= 15 is 0 Å². The highest BCUT2D eigenvalue weighted by atomic mass is 32.2. The van der Waals surface area contributed by atoms with E-state index in [1.54, 1.807) is 23.0 Å². The summed E-state index contributed by atoms with van der Waals surface area (Å²) in [6.45, 7) is 0. The van der Waals surface area contributed by atoms with Gasteiger partial charge in [-0.2, -0.15) is 5.10 Å². The van der Waals surface area contributed by atoms with Crippen LogP contribution >= 0.6 is 11.3 Å². The normalized spacial score (nSPS) is 19.9. The summed E-state index contributed by atoms with van der Waals surface area (Å²) in [5, 5.41) is 7.48. The number of thiazole rings is 1. The SMILES string of the molecule is Cn1cc(C2CC2C(=O)Nc2nc3ccc(S(C)(=O)=O)cc3s2)cn1. The third-order valence-electron chi connectivity index (χ3n) is 4.30. The van der Waals surface area contributed by atoms with E-state index < -0.39 is 9.84 Å². The fourth-order valence-electron chi connectivity index (χ4n) is 2.87. The lowest BCUT2D eigenvalue weighted by Crippen LogP contribution is -2.14. The summed E-state index contributed by atoms with van der Waals surface area (Å²) in [4.78, 5) is 17.0. The first-order valence-electron chi connectivity index (χ1n) is 7.71. The van der Waals surface area contributed by atoms with Gasteiger partial charge in [0.15, 0.2) is 15.0 Å². The molecule has 0 aliphatic heterocycles. The fraction of sp³-hybridized carbons (Fsp3) is 0.312. The molecule has 130 valence electrons. The van der Waals surface area contributed by atoms with Crippen LogP contribution < -0.4 is 5.32 Å². The summed E-state index contributed by atoms with van der Waals surface area (Å²) in [7, 11) is -1.41. The average Bonchev–Trinajstić information content (AvgIpc) is 3.06. The van der Waals surface area contributed by atoms with Crippen LogP contribution in [0.15, 0.2) is 35.5 Å². The minimum Gasteiger partial charge on any atom is -0.302 e. The molecule has 25 heavy (non-hydrogen) atoms. The zero-order valence-electron chi connectivity index (χ0n) is 13.6. The number of amides is 1. The molecule has 1 aromatic carbocycles. The molecule has 1 amide bonds. The number of benzene rings is 1. The van der Waals surface area contributed by atoms with Gasteiger partial charge in [0.1, 0.15) is 0 Å². The van der Waals surface area contributed by atoms with Crippen LogP contribution in [0.2, 0.25) is 0 Å². The van der Waals surface area contributed by atoms with Crippen LogP contribution in [0.4, 0.5) is 5.13 Å². The topological polar surface area (TPSA) is 94.0 Å². The second-order valence-electron chi connectivity index (χ2n) is 6.31. The molecule has 1 saturated carbocycles. The molecule has 0 radical (unpaired) electrons. The molecule has 2 unspecified atom stereocenters. The molecule has 0 spiro atoms.